The molecule has 0 amide bonds. The van der Waals surface area contributed by atoms with Crippen LogP contribution < -0.4 is 4.74 Å². The van der Waals surface area contributed by atoms with E-state index in [-0.39, 0.29) is 9.85 Å². The monoisotopic (exact) mass is 434 g/mol. The van der Waals surface area contributed by atoms with Crippen molar-refractivity contribution < 1.29 is 9.13 Å². The zero-order chi connectivity index (χ0) is 15.4. The minimum atomic E-state index is -0.412. The van der Waals surface area contributed by atoms with Gasteiger partial charge in [0.1, 0.15) is 11.6 Å². The second-order valence-electron chi connectivity index (χ2n) is 4.57. The molecular formula is C16H14Br2ClFO. The van der Waals surface area contributed by atoms with Crippen molar-refractivity contribution in [2.24, 2.45) is 0 Å². The molecule has 0 aliphatic heterocycles. The molecule has 0 radical (unpaired) electrons. The maximum atomic E-state index is 13.2. The highest BCUT2D eigenvalue weighted by atomic mass is 79.9. The highest BCUT2D eigenvalue weighted by Crippen LogP contribution is 2.36. The summed E-state index contributed by atoms with van der Waals surface area (Å²) in [6, 6.07) is 10.6. The summed E-state index contributed by atoms with van der Waals surface area (Å²) >= 11 is 13.0. The summed E-state index contributed by atoms with van der Waals surface area (Å²) in [5.74, 6) is 0.405. The normalized spacial score (nSPS) is 12.2. The van der Waals surface area contributed by atoms with Crippen LogP contribution in [0.1, 0.15) is 29.3 Å². The van der Waals surface area contributed by atoms with Gasteiger partial charge >= 0.3 is 0 Å². The fourth-order valence-corrected chi connectivity index (χ4v) is 3.14. The average molecular weight is 437 g/mol. The van der Waals surface area contributed by atoms with Crippen LogP contribution in [0.3, 0.4) is 0 Å². The van der Waals surface area contributed by atoms with Gasteiger partial charge in [-0.1, -0.05) is 46.6 Å². The van der Waals surface area contributed by atoms with Crippen LogP contribution in [-0.4, -0.2) is 6.61 Å². The molecule has 0 N–H and O–H groups in total. The molecule has 21 heavy (non-hydrogen) atoms. The first kappa shape index (κ1) is 16.8. The number of rotatable bonds is 5. The molecule has 1 nitrogen and oxygen atoms in total. The van der Waals surface area contributed by atoms with E-state index in [1.807, 2.05) is 18.2 Å². The Kier molecular flexibility index (Phi) is 6.08. The second-order valence-corrected chi connectivity index (χ2v) is 6.75. The van der Waals surface area contributed by atoms with E-state index in [0.29, 0.717) is 6.61 Å². The maximum Gasteiger partial charge on any atom is 0.141 e. The minimum Gasteiger partial charge on any atom is -0.492 e. The topological polar surface area (TPSA) is 9.23 Å². The molecule has 2 aromatic rings. The Labute approximate surface area is 145 Å². The van der Waals surface area contributed by atoms with Crippen molar-refractivity contribution in [2.45, 2.75) is 18.2 Å². The van der Waals surface area contributed by atoms with E-state index in [1.165, 1.54) is 6.07 Å². The highest BCUT2D eigenvalue weighted by molar-refractivity contribution is 9.10. The van der Waals surface area contributed by atoms with Crippen molar-refractivity contribution in [3.05, 3.63) is 62.8 Å². The van der Waals surface area contributed by atoms with Gasteiger partial charge in [0.15, 0.2) is 0 Å². The van der Waals surface area contributed by atoms with E-state index in [9.17, 15) is 4.39 Å². The van der Waals surface area contributed by atoms with Crippen molar-refractivity contribution in [1.82, 2.24) is 0 Å². The van der Waals surface area contributed by atoms with Crippen LogP contribution in [0.2, 0.25) is 5.02 Å². The number of hydrogen-bond acceptors (Lipinski definition) is 1. The van der Waals surface area contributed by atoms with E-state index in [4.69, 9.17) is 16.3 Å². The first-order valence-electron chi connectivity index (χ1n) is 6.54. The highest BCUT2D eigenvalue weighted by Gasteiger charge is 2.14. The third kappa shape index (κ3) is 4.21. The zero-order valence-electron chi connectivity index (χ0n) is 11.4. The first-order valence-corrected chi connectivity index (χ1v) is 8.63. The standard InChI is InChI=1S/C16H14Br2ClFO/c1-2-7-21-15-6-4-10(8-12(15)17)16(18)11-3-5-14(20)13(19)9-11/h3-6,8-9,16H,2,7H2,1H3. The Morgan fingerprint density at radius 1 is 1.19 bits per heavy atom. The van der Waals surface area contributed by atoms with Gasteiger partial charge in [0, 0.05) is 0 Å². The summed E-state index contributed by atoms with van der Waals surface area (Å²) in [4.78, 5) is -0.0628. The summed E-state index contributed by atoms with van der Waals surface area (Å²) in [6.07, 6.45) is 0.962. The summed E-state index contributed by atoms with van der Waals surface area (Å²) in [7, 11) is 0. The van der Waals surface area contributed by atoms with E-state index < -0.39 is 5.82 Å². The van der Waals surface area contributed by atoms with Crippen molar-refractivity contribution in [3.8, 4) is 5.75 Å². The van der Waals surface area contributed by atoms with Crippen molar-refractivity contribution in [3.63, 3.8) is 0 Å². The van der Waals surface area contributed by atoms with E-state index >= 15 is 0 Å². The van der Waals surface area contributed by atoms with Crippen molar-refractivity contribution >= 4 is 43.5 Å². The molecule has 2 rings (SSSR count). The van der Waals surface area contributed by atoms with E-state index in [0.717, 1.165) is 27.8 Å². The van der Waals surface area contributed by atoms with Crippen LogP contribution in [0.4, 0.5) is 4.39 Å². The number of ether oxygens (including phenoxy) is 1. The van der Waals surface area contributed by atoms with Crippen LogP contribution >= 0.6 is 43.5 Å². The molecule has 0 aliphatic carbocycles. The molecule has 5 heteroatoms. The van der Waals surface area contributed by atoms with Gasteiger partial charge in [0.25, 0.3) is 0 Å². The van der Waals surface area contributed by atoms with Crippen LogP contribution in [0.5, 0.6) is 5.75 Å². The Morgan fingerprint density at radius 2 is 1.86 bits per heavy atom. The predicted molar refractivity (Wildman–Crippen MR) is 92.1 cm³/mol. The van der Waals surface area contributed by atoms with Gasteiger partial charge in [-0.05, 0) is 57.7 Å². The number of halogens is 4. The third-order valence-corrected chi connectivity index (χ3v) is 4.91. The Bertz CT molecular complexity index is 634. The molecule has 0 bridgehead atoms. The summed E-state index contributed by atoms with van der Waals surface area (Å²) in [5.41, 5.74) is 1.93. The molecule has 0 saturated heterocycles. The quantitative estimate of drug-likeness (QED) is 0.485. The number of alkyl halides is 1. The lowest BCUT2D eigenvalue weighted by molar-refractivity contribution is 0.315. The molecule has 0 fully saturated rings. The lowest BCUT2D eigenvalue weighted by Gasteiger charge is -2.14. The van der Waals surface area contributed by atoms with Gasteiger partial charge in [0.05, 0.1) is 20.9 Å². The molecular weight excluding hydrogens is 422 g/mol. The van der Waals surface area contributed by atoms with Crippen LogP contribution in [0.15, 0.2) is 40.9 Å². The number of hydrogen-bond donors (Lipinski definition) is 0. The molecule has 1 unspecified atom stereocenters. The average Bonchev–Trinajstić information content (AvgIpc) is 2.48. The molecule has 0 saturated carbocycles. The molecule has 1 atom stereocenters. The molecule has 0 aromatic heterocycles. The van der Waals surface area contributed by atoms with Gasteiger partial charge in [-0.15, -0.1) is 0 Å². The fourth-order valence-electron chi connectivity index (χ4n) is 1.87. The molecule has 2 aromatic carbocycles. The van der Waals surface area contributed by atoms with Crippen LogP contribution in [0, 0.1) is 5.82 Å². The Hall–Kier alpha value is -0.580. The Balaban J connectivity index is 2.24. The van der Waals surface area contributed by atoms with Gasteiger partial charge in [-0.25, -0.2) is 4.39 Å². The van der Waals surface area contributed by atoms with Crippen molar-refractivity contribution in [2.75, 3.05) is 6.61 Å². The van der Waals surface area contributed by atoms with Crippen LogP contribution in [-0.2, 0) is 0 Å². The molecule has 0 heterocycles. The van der Waals surface area contributed by atoms with Gasteiger partial charge < -0.3 is 4.74 Å². The minimum absolute atomic E-state index is 0.0628. The van der Waals surface area contributed by atoms with Crippen molar-refractivity contribution in [1.29, 1.82) is 0 Å². The SMILES string of the molecule is CCCOc1ccc(C(Br)c2ccc(F)c(Cl)c2)cc1Br. The van der Waals surface area contributed by atoms with E-state index in [2.05, 4.69) is 38.8 Å². The Morgan fingerprint density at radius 3 is 2.48 bits per heavy atom. The lowest BCUT2D eigenvalue weighted by Crippen LogP contribution is -1.98. The molecule has 0 spiro atoms. The van der Waals surface area contributed by atoms with E-state index in [1.54, 1.807) is 12.1 Å². The first-order chi connectivity index (χ1) is 10.0. The van der Waals surface area contributed by atoms with Gasteiger partial charge in [-0.3, -0.25) is 0 Å². The summed E-state index contributed by atoms with van der Waals surface area (Å²) < 4.78 is 19.8. The van der Waals surface area contributed by atoms with Gasteiger partial charge in [0.2, 0.25) is 0 Å². The maximum absolute atomic E-state index is 13.2. The molecule has 112 valence electrons. The van der Waals surface area contributed by atoms with Gasteiger partial charge in [-0.2, -0.15) is 0 Å². The number of benzene rings is 2. The fraction of sp³-hybridized carbons (Fsp3) is 0.250. The lowest BCUT2D eigenvalue weighted by atomic mass is 10.0. The summed E-state index contributed by atoms with van der Waals surface area (Å²) in [6.45, 7) is 2.75. The smallest absolute Gasteiger partial charge is 0.141 e. The zero-order valence-corrected chi connectivity index (χ0v) is 15.3. The largest absolute Gasteiger partial charge is 0.492 e. The second kappa shape index (κ2) is 7.61. The molecule has 0 aliphatic rings. The third-order valence-electron chi connectivity index (χ3n) is 2.95. The predicted octanol–water partition coefficient (Wildman–Crippen LogP) is 6.51. The van der Waals surface area contributed by atoms with Crippen LogP contribution in [0.25, 0.3) is 0 Å². The summed E-state index contributed by atoms with van der Waals surface area (Å²) in [5, 5.41) is 0.124.